The minimum Gasteiger partial charge on any atom is -0.338 e. The minimum atomic E-state index is 0.0556. The van der Waals surface area contributed by atoms with Gasteiger partial charge in [-0.15, -0.1) is 0 Å². The van der Waals surface area contributed by atoms with Crippen molar-refractivity contribution in [2.45, 2.75) is 6.92 Å². The summed E-state index contributed by atoms with van der Waals surface area (Å²) in [4.78, 5) is 12.6. The number of carbonyl (C=O) groups is 1. The van der Waals surface area contributed by atoms with Gasteiger partial charge in [-0.3, -0.25) is 0 Å². The number of likely N-dealkylation sites (tertiary alicyclic amines) is 1. The van der Waals surface area contributed by atoms with Crippen LogP contribution >= 0.6 is 0 Å². The number of hydrogen-bond donors (Lipinski definition) is 1. The van der Waals surface area contributed by atoms with E-state index in [0.29, 0.717) is 0 Å². The molecule has 3 nitrogen and oxygen atoms in total. The van der Waals surface area contributed by atoms with Gasteiger partial charge in [0.05, 0.1) is 0 Å². The molecule has 9 heavy (non-hydrogen) atoms. The first-order valence-corrected chi connectivity index (χ1v) is 3.19. The minimum absolute atomic E-state index is 0.0556. The molecular weight excluding hydrogens is 116 g/mol. The average molecular weight is 127 g/mol. The Morgan fingerprint density at radius 3 is 2.78 bits per heavy atom. The van der Waals surface area contributed by atoms with Gasteiger partial charge in [0.1, 0.15) is 0 Å². The van der Waals surface area contributed by atoms with Crippen molar-refractivity contribution < 1.29 is 4.79 Å². The van der Waals surface area contributed by atoms with Crippen LogP contribution in [-0.2, 0) is 0 Å². The second kappa shape index (κ2) is 2.71. The first-order valence-electron chi connectivity index (χ1n) is 3.19. The van der Waals surface area contributed by atoms with Crippen molar-refractivity contribution in [3.05, 3.63) is 6.42 Å². The summed E-state index contributed by atoms with van der Waals surface area (Å²) in [5.74, 6) is 0. The van der Waals surface area contributed by atoms with E-state index in [0.717, 1.165) is 19.6 Å². The molecule has 0 aromatic rings. The molecule has 1 heterocycles. The molecule has 1 N–H and O–H groups in total. The molecule has 1 saturated heterocycles. The standard InChI is InChI=1S/C6H11N2O/c1-2-7-6(9)8-4-3-5-8/h3H,2,4-5H2,1H3,(H,7,9). The van der Waals surface area contributed by atoms with Gasteiger partial charge in [-0.05, 0) is 6.92 Å². The highest BCUT2D eigenvalue weighted by Gasteiger charge is 2.18. The zero-order valence-electron chi connectivity index (χ0n) is 5.55. The average Bonchev–Trinajstić information content (AvgIpc) is 1.60. The molecule has 0 aromatic heterocycles. The van der Waals surface area contributed by atoms with Gasteiger partial charge < -0.3 is 10.2 Å². The lowest BCUT2D eigenvalue weighted by molar-refractivity contribution is 0.190. The fourth-order valence-electron chi connectivity index (χ4n) is 0.687. The van der Waals surface area contributed by atoms with Gasteiger partial charge in [0.15, 0.2) is 0 Å². The molecule has 1 fully saturated rings. The van der Waals surface area contributed by atoms with Crippen LogP contribution in [0.5, 0.6) is 0 Å². The Morgan fingerprint density at radius 1 is 1.78 bits per heavy atom. The molecule has 0 unspecified atom stereocenters. The zero-order chi connectivity index (χ0) is 6.69. The SMILES string of the molecule is CCNC(=O)N1C[CH]C1. The van der Waals surface area contributed by atoms with Crippen LogP contribution < -0.4 is 5.32 Å². The van der Waals surface area contributed by atoms with E-state index >= 15 is 0 Å². The molecule has 0 spiro atoms. The predicted octanol–water partition coefficient (Wildman–Crippen LogP) is 0.236. The normalized spacial score (nSPS) is 16.8. The van der Waals surface area contributed by atoms with Crippen LogP contribution in [0.4, 0.5) is 4.79 Å². The molecular formula is C6H11N2O. The molecule has 1 rings (SSSR count). The van der Waals surface area contributed by atoms with E-state index in [1.165, 1.54) is 0 Å². The molecule has 51 valence electrons. The quantitative estimate of drug-likeness (QED) is 0.537. The highest BCUT2D eigenvalue weighted by Crippen LogP contribution is 2.02. The summed E-state index contributed by atoms with van der Waals surface area (Å²) in [6.07, 6.45) is 2.06. The Labute approximate surface area is 55.0 Å². The number of hydrogen-bond acceptors (Lipinski definition) is 1. The fraction of sp³-hybridized carbons (Fsp3) is 0.667. The van der Waals surface area contributed by atoms with E-state index in [1.807, 2.05) is 6.92 Å². The molecule has 0 bridgehead atoms. The molecule has 0 atom stereocenters. The van der Waals surface area contributed by atoms with Crippen LogP contribution in [0, 0.1) is 6.42 Å². The summed E-state index contributed by atoms with van der Waals surface area (Å²) in [5.41, 5.74) is 0. The molecule has 2 amide bonds. The number of nitrogens with zero attached hydrogens (tertiary/aromatic N) is 1. The van der Waals surface area contributed by atoms with Gasteiger partial charge in [-0.1, -0.05) is 0 Å². The van der Waals surface area contributed by atoms with E-state index in [9.17, 15) is 4.79 Å². The molecule has 0 aromatic carbocycles. The second-order valence-electron chi connectivity index (χ2n) is 2.03. The summed E-state index contributed by atoms with van der Waals surface area (Å²) in [5, 5.41) is 2.71. The van der Waals surface area contributed by atoms with Crippen LogP contribution in [0.25, 0.3) is 0 Å². The van der Waals surface area contributed by atoms with Crippen molar-refractivity contribution in [1.29, 1.82) is 0 Å². The summed E-state index contributed by atoms with van der Waals surface area (Å²) in [7, 11) is 0. The van der Waals surface area contributed by atoms with Crippen LogP contribution in [0.1, 0.15) is 6.92 Å². The Bertz CT molecular complexity index is 110. The van der Waals surface area contributed by atoms with E-state index in [-0.39, 0.29) is 6.03 Å². The van der Waals surface area contributed by atoms with E-state index in [2.05, 4.69) is 11.7 Å². The molecule has 1 aliphatic heterocycles. The van der Waals surface area contributed by atoms with Gasteiger partial charge in [-0.25, -0.2) is 4.79 Å². The lowest BCUT2D eigenvalue weighted by Crippen LogP contribution is -2.48. The predicted molar refractivity (Wildman–Crippen MR) is 34.9 cm³/mol. The van der Waals surface area contributed by atoms with Gasteiger partial charge in [-0.2, -0.15) is 0 Å². The van der Waals surface area contributed by atoms with Crippen molar-refractivity contribution >= 4 is 6.03 Å². The third kappa shape index (κ3) is 1.34. The van der Waals surface area contributed by atoms with Crippen LogP contribution in [0.3, 0.4) is 0 Å². The highest BCUT2D eigenvalue weighted by atomic mass is 16.2. The van der Waals surface area contributed by atoms with E-state index in [1.54, 1.807) is 4.90 Å². The third-order valence-electron chi connectivity index (χ3n) is 1.31. The molecule has 0 saturated carbocycles. The first-order chi connectivity index (χ1) is 4.34. The van der Waals surface area contributed by atoms with Gasteiger partial charge in [0.25, 0.3) is 0 Å². The lowest BCUT2D eigenvalue weighted by Gasteiger charge is -2.30. The van der Waals surface area contributed by atoms with Crippen molar-refractivity contribution in [3.63, 3.8) is 0 Å². The number of carbonyl (C=O) groups excluding carboxylic acids is 1. The molecule has 1 aliphatic rings. The number of nitrogens with one attached hydrogen (secondary N) is 1. The van der Waals surface area contributed by atoms with Crippen molar-refractivity contribution in [3.8, 4) is 0 Å². The summed E-state index contributed by atoms with van der Waals surface area (Å²) in [6.45, 7) is 4.26. The zero-order valence-corrected chi connectivity index (χ0v) is 5.55. The largest absolute Gasteiger partial charge is 0.338 e. The van der Waals surface area contributed by atoms with Crippen molar-refractivity contribution in [2.24, 2.45) is 0 Å². The molecule has 0 aliphatic carbocycles. The maximum Gasteiger partial charge on any atom is 0.317 e. The van der Waals surface area contributed by atoms with Crippen LogP contribution in [0.15, 0.2) is 0 Å². The number of rotatable bonds is 1. The van der Waals surface area contributed by atoms with Crippen molar-refractivity contribution in [2.75, 3.05) is 19.6 Å². The summed E-state index contributed by atoms with van der Waals surface area (Å²) in [6, 6.07) is 0.0556. The van der Waals surface area contributed by atoms with Crippen LogP contribution in [-0.4, -0.2) is 30.6 Å². The molecule has 3 heteroatoms. The molecule has 1 radical (unpaired) electrons. The topological polar surface area (TPSA) is 32.3 Å². The summed E-state index contributed by atoms with van der Waals surface area (Å²) >= 11 is 0. The number of amides is 2. The van der Waals surface area contributed by atoms with E-state index < -0.39 is 0 Å². The highest BCUT2D eigenvalue weighted by molar-refractivity contribution is 5.75. The number of urea groups is 1. The monoisotopic (exact) mass is 127 g/mol. The Balaban J connectivity index is 2.16. The Kier molecular flexibility index (Phi) is 1.92. The van der Waals surface area contributed by atoms with Gasteiger partial charge >= 0.3 is 6.03 Å². The Hall–Kier alpha value is -0.730. The maximum atomic E-state index is 10.8. The van der Waals surface area contributed by atoms with E-state index in [4.69, 9.17) is 0 Å². The fourth-order valence-corrected chi connectivity index (χ4v) is 0.687. The van der Waals surface area contributed by atoms with Gasteiger partial charge in [0.2, 0.25) is 0 Å². The Morgan fingerprint density at radius 2 is 2.44 bits per heavy atom. The lowest BCUT2D eigenvalue weighted by atomic mass is 10.2. The third-order valence-corrected chi connectivity index (χ3v) is 1.31. The van der Waals surface area contributed by atoms with Crippen LogP contribution in [0.2, 0.25) is 0 Å². The maximum absolute atomic E-state index is 10.8. The van der Waals surface area contributed by atoms with Crippen molar-refractivity contribution in [1.82, 2.24) is 10.2 Å². The van der Waals surface area contributed by atoms with Gasteiger partial charge in [0, 0.05) is 26.1 Å². The second-order valence-corrected chi connectivity index (χ2v) is 2.03. The smallest absolute Gasteiger partial charge is 0.317 e. The summed E-state index contributed by atoms with van der Waals surface area (Å²) < 4.78 is 0. The first kappa shape index (κ1) is 6.39.